The molecule has 1 heterocycles. The van der Waals surface area contributed by atoms with Crippen molar-refractivity contribution in [1.29, 1.82) is 0 Å². The highest BCUT2D eigenvalue weighted by Gasteiger charge is 2.31. The van der Waals surface area contributed by atoms with E-state index in [9.17, 15) is 4.79 Å². The van der Waals surface area contributed by atoms with E-state index in [0.717, 1.165) is 13.0 Å². The largest absolute Gasteiger partial charge is 0.344 e. The van der Waals surface area contributed by atoms with Gasteiger partial charge >= 0.3 is 0 Å². The maximum atomic E-state index is 11.5. The predicted octanol–water partition coefficient (Wildman–Crippen LogP) is 0.901. The van der Waals surface area contributed by atoms with Gasteiger partial charge in [-0.2, -0.15) is 0 Å². The molecule has 1 amide bonds. The second-order valence-corrected chi connectivity index (χ2v) is 4.03. The number of halogens is 1. The van der Waals surface area contributed by atoms with Gasteiger partial charge in [-0.15, -0.1) is 0 Å². The molecule has 0 aromatic carbocycles. The molecule has 1 rings (SSSR count). The van der Waals surface area contributed by atoms with Gasteiger partial charge in [0.05, 0.1) is 6.04 Å². The summed E-state index contributed by atoms with van der Waals surface area (Å²) < 4.78 is 0. The molecule has 4 heteroatoms. The van der Waals surface area contributed by atoms with Crippen LogP contribution in [0.4, 0.5) is 0 Å². The molecule has 0 aliphatic carbocycles. The van der Waals surface area contributed by atoms with Crippen molar-refractivity contribution >= 4 is 17.5 Å². The first-order valence-electron chi connectivity index (χ1n) is 4.31. The topological polar surface area (TPSA) is 23.6 Å². The minimum atomic E-state index is -0.0134. The number of likely N-dealkylation sites (N-methyl/N-ethyl adjacent to an activating group) is 2. The van der Waals surface area contributed by atoms with Crippen molar-refractivity contribution in [1.82, 2.24) is 9.80 Å². The van der Waals surface area contributed by atoms with E-state index < -0.39 is 0 Å². The third kappa shape index (κ3) is 2.45. The molecule has 0 radical (unpaired) electrons. The van der Waals surface area contributed by atoms with E-state index >= 15 is 0 Å². The lowest BCUT2D eigenvalue weighted by Gasteiger charge is -2.21. The number of likely N-dealkylation sites (tertiary alicyclic amines) is 1. The number of amides is 1. The molecule has 1 aliphatic heterocycles. The normalized spacial score (nSPS) is 22.9. The summed E-state index contributed by atoms with van der Waals surface area (Å²) in [5, 5.41) is 0.574. The SMILES string of the molecule is C=C(Cl)CN(C)C1CCN(C)C1=O. The quantitative estimate of drug-likeness (QED) is 0.679. The lowest BCUT2D eigenvalue weighted by Crippen LogP contribution is -2.39. The van der Waals surface area contributed by atoms with Crippen LogP contribution in [0.2, 0.25) is 0 Å². The maximum absolute atomic E-state index is 11.5. The third-order valence-corrected chi connectivity index (χ3v) is 2.47. The van der Waals surface area contributed by atoms with Crippen LogP contribution in [-0.4, -0.2) is 48.9 Å². The molecule has 0 spiro atoms. The van der Waals surface area contributed by atoms with E-state index in [2.05, 4.69) is 6.58 Å². The molecule has 74 valence electrons. The first-order chi connectivity index (χ1) is 6.02. The number of carbonyl (C=O) groups excluding carboxylic acids is 1. The molecule has 0 aromatic heterocycles. The number of hydrogen-bond acceptors (Lipinski definition) is 2. The fourth-order valence-corrected chi connectivity index (χ4v) is 1.78. The number of carbonyl (C=O) groups is 1. The molecule has 0 N–H and O–H groups in total. The first-order valence-corrected chi connectivity index (χ1v) is 4.68. The van der Waals surface area contributed by atoms with Gasteiger partial charge in [0, 0.05) is 25.2 Å². The maximum Gasteiger partial charge on any atom is 0.239 e. The van der Waals surface area contributed by atoms with Crippen molar-refractivity contribution in [2.75, 3.05) is 27.2 Å². The molecule has 3 nitrogen and oxygen atoms in total. The smallest absolute Gasteiger partial charge is 0.239 e. The fraction of sp³-hybridized carbons (Fsp3) is 0.667. The summed E-state index contributed by atoms with van der Waals surface area (Å²) in [7, 11) is 3.72. The Hall–Kier alpha value is -0.540. The summed E-state index contributed by atoms with van der Waals surface area (Å²) in [5.41, 5.74) is 0. The van der Waals surface area contributed by atoms with Crippen molar-refractivity contribution in [3.8, 4) is 0 Å². The number of nitrogens with zero attached hydrogens (tertiary/aromatic N) is 2. The summed E-state index contributed by atoms with van der Waals surface area (Å²) in [6.45, 7) is 5.02. The van der Waals surface area contributed by atoms with Crippen molar-refractivity contribution in [2.24, 2.45) is 0 Å². The van der Waals surface area contributed by atoms with Gasteiger partial charge in [0.2, 0.25) is 5.91 Å². The molecule has 0 saturated carbocycles. The molecule has 0 bridgehead atoms. The Morgan fingerprint density at radius 1 is 1.85 bits per heavy atom. The van der Waals surface area contributed by atoms with E-state index in [0.29, 0.717) is 11.6 Å². The fourth-order valence-electron chi connectivity index (χ4n) is 1.59. The Kier molecular flexibility index (Phi) is 3.33. The minimum Gasteiger partial charge on any atom is -0.344 e. The molecule has 1 aliphatic rings. The lowest BCUT2D eigenvalue weighted by molar-refractivity contribution is -0.130. The van der Waals surface area contributed by atoms with Gasteiger partial charge in [-0.3, -0.25) is 9.69 Å². The molecule has 13 heavy (non-hydrogen) atoms. The second kappa shape index (κ2) is 4.11. The molecule has 0 aromatic rings. The standard InChI is InChI=1S/C9H15ClN2O/c1-7(10)6-12(3)8-4-5-11(2)9(8)13/h8H,1,4-6H2,2-3H3. The van der Waals surface area contributed by atoms with E-state index in [1.807, 2.05) is 19.0 Å². The van der Waals surface area contributed by atoms with Crippen LogP contribution in [0.3, 0.4) is 0 Å². The summed E-state index contributed by atoms with van der Waals surface area (Å²) >= 11 is 5.67. The first kappa shape index (κ1) is 10.5. The molecule has 1 fully saturated rings. The third-order valence-electron chi connectivity index (χ3n) is 2.35. The van der Waals surface area contributed by atoms with Gasteiger partial charge in [0.15, 0.2) is 0 Å². The number of hydrogen-bond donors (Lipinski definition) is 0. The van der Waals surface area contributed by atoms with Crippen LogP contribution >= 0.6 is 11.6 Å². The van der Waals surface area contributed by atoms with Crippen LogP contribution in [0.25, 0.3) is 0 Å². The monoisotopic (exact) mass is 202 g/mol. The zero-order valence-corrected chi connectivity index (χ0v) is 8.84. The van der Waals surface area contributed by atoms with E-state index in [1.165, 1.54) is 0 Å². The van der Waals surface area contributed by atoms with Gasteiger partial charge in [0.1, 0.15) is 0 Å². The van der Waals surface area contributed by atoms with Crippen LogP contribution < -0.4 is 0 Å². The Labute approximate surface area is 83.9 Å². The Balaban J connectivity index is 2.53. The number of rotatable bonds is 3. The second-order valence-electron chi connectivity index (χ2n) is 3.50. The van der Waals surface area contributed by atoms with Crippen molar-refractivity contribution in [3.05, 3.63) is 11.6 Å². The van der Waals surface area contributed by atoms with Crippen LogP contribution in [0.15, 0.2) is 11.6 Å². The van der Waals surface area contributed by atoms with Crippen LogP contribution in [-0.2, 0) is 4.79 Å². The zero-order chi connectivity index (χ0) is 10.0. The van der Waals surface area contributed by atoms with Crippen molar-refractivity contribution in [3.63, 3.8) is 0 Å². The highest BCUT2D eigenvalue weighted by Crippen LogP contribution is 2.15. The van der Waals surface area contributed by atoms with Gasteiger partial charge < -0.3 is 4.90 Å². The van der Waals surface area contributed by atoms with Gasteiger partial charge in [-0.1, -0.05) is 18.2 Å². The molecule has 1 unspecified atom stereocenters. The predicted molar refractivity (Wildman–Crippen MR) is 53.7 cm³/mol. The van der Waals surface area contributed by atoms with E-state index in [-0.39, 0.29) is 11.9 Å². The summed E-state index contributed by atoms with van der Waals surface area (Å²) in [4.78, 5) is 15.2. The van der Waals surface area contributed by atoms with Gasteiger partial charge in [-0.25, -0.2) is 0 Å². The highest BCUT2D eigenvalue weighted by molar-refractivity contribution is 6.29. The lowest BCUT2D eigenvalue weighted by atomic mass is 10.2. The molecular weight excluding hydrogens is 188 g/mol. The van der Waals surface area contributed by atoms with Crippen LogP contribution in [0.1, 0.15) is 6.42 Å². The Morgan fingerprint density at radius 2 is 2.46 bits per heavy atom. The Morgan fingerprint density at radius 3 is 2.85 bits per heavy atom. The summed E-state index contributed by atoms with van der Waals surface area (Å²) in [6, 6.07) is -0.0134. The van der Waals surface area contributed by atoms with Crippen LogP contribution in [0, 0.1) is 0 Å². The summed E-state index contributed by atoms with van der Waals surface area (Å²) in [5.74, 6) is 0.181. The van der Waals surface area contributed by atoms with E-state index in [4.69, 9.17) is 11.6 Å². The van der Waals surface area contributed by atoms with Crippen molar-refractivity contribution in [2.45, 2.75) is 12.5 Å². The molecule has 1 saturated heterocycles. The average Bonchev–Trinajstić information content (AvgIpc) is 2.31. The summed E-state index contributed by atoms with van der Waals surface area (Å²) in [6.07, 6.45) is 0.885. The van der Waals surface area contributed by atoms with Crippen LogP contribution in [0.5, 0.6) is 0 Å². The highest BCUT2D eigenvalue weighted by atomic mass is 35.5. The van der Waals surface area contributed by atoms with Crippen molar-refractivity contribution < 1.29 is 4.79 Å². The zero-order valence-electron chi connectivity index (χ0n) is 8.09. The van der Waals surface area contributed by atoms with E-state index in [1.54, 1.807) is 4.90 Å². The molecule has 1 atom stereocenters. The molecular formula is C9H15ClN2O. The van der Waals surface area contributed by atoms with Gasteiger partial charge in [0.25, 0.3) is 0 Å². The Bertz CT molecular complexity index is 230. The average molecular weight is 203 g/mol. The minimum absolute atomic E-state index is 0.0134. The van der Waals surface area contributed by atoms with Gasteiger partial charge in [-0.05, 0) is 13.5 Å².